The summed E-state index contributed by atoms with van der Waals surface area (Å²) in [5, 5.41) is 10.1. The van der Waals surface area contributed by atoms with Crippen molar-refractivity contribution in [2.24, 2.45) is 0 Å². The van der Waals surface area contributed by atoms with E-state index in [0.29, 0.717) is 29.6 Å². The summed E-state index contributed by atoms with van der Waals surface area (Å²) in [6.07, 6.45) is 3.81. The lowest BCUT2D eigenvalue weighted by Gasteiger charge is -2.12. The van der Waals surface area contributed by atoms with E-state index < -0.39 is 0 Å². The molecule has 0 unspecified atom stereocenters. The molecule has 0 fully saturated rings. The molecular formula is C24H24O5. The average Bonchev–Trinajstić information content (AvgIpc) is 2.76. The topological polar surface area (TPSA) is 57.2 Å². The van der Waals surface area contributed by atoms with Gasteiger partial charge in [0, 0.05) is 0 Å². The zero-order valence-electron chi connectivity index (χ0n) is 16.7. The molecule has 0 aliphatic rings. The summed E-state index contributed by atoms with van der Waals surface area (Å²) in [5.74, 6) is 2.13. The van der Waals surface area contributed by atoms with E-state index >= 15 is 0 Å². The lowest BCUT2D eigenvalue weighted by Crippen LogP contribution is -1.97. The Bertz CT molecular complexity index is 980. The van der Waals surface area contributed by atoms with Crippen molar-refractivity contribution in [3.05, 3.63) is 77.4 Å². The first-order valence-electron chi connectivity index (χ1n) is 9.12. The first-order chi connectivity index (χ1) is 14.1. The highest BCUT2D eigenvalue weighted by Crippen LogP contribution is 2.38. The van der Waals surface area contributed by atoms with Gasteiger partial charge in [0.05, 0.1) is 21.3 Å². The number of ether oxygens (including phenoxy) is 4. The molecule has 1 N–H and O–H groups in total. The highest BCUT2D eigenvalue weighted by molar-refractivity contribution is 5.73. The molecule has 0 aromatic heterocycles. The van der Waals surface area contributed by atoms with Crippen LogP contribution < -0.4 is 18.9 Å². The van der Waals surface area contributed by atoms with Crippen molar-refractivity contribution in [3.8, 4) is 28.7 Å². The Labute approximate surface area is 170 Å². The van der Waals surface area contributed by atoms with Gasteiger partial charge in [0.15, 0.2) is 23.0 Å². The smallest absolute Gasteiger partial charge is 0.203 e. The van der Waals surface area contributed by atoms with Gasteiger partial charge in [-0.15, -0.1) is 0 Å². The second kappa shape index (κ2) is 9.55. The van der Waals surface area contributed by atoms with Crippen molar-refractivity contribution in [2.45, 2.75) is 6.61 Å². The Hall–Kier alpha value is -3.60. The fourth-order valence-electron chi connectivity index (χ4n) is 2.90. The minimum atomic E-state index is 0.0214. The van der Waals surface area contributed by atoms with E-state index in [0.717, 1.165) is 16.7 Å². The van der Waals surface area contributed by atoms with Crippen LogP contribution in [0.3, 0.4) is 0 Å². The van der Waals surface area contributed by atoms with Gasteiger partial charge in [-0.2, -0.15) is 0 Å². The van der Waals surface area contributed by atoms with Crippen LogP contribution in [-0.2, 0) is 6.61 Å². The third kappa shape index (κ3) is 5.02. The van der Waals surface area contributed by atoms with Crippen LogP contribution in [0.2, 0.25) is 0 Å². The molecule has 150 valence electrons. The molecule has 0 bridgehead atoms. The van der Waals surface area contributed by atoms with Crippen molar-refractivity contribution in [1.82, 2.24) is 0 Å². The molecule has 0 aliphatic carbocycles. The Morgan fingerprint density at radius 1 is 0.724 bits per heavy atom. The van der Waals surface area contributed by atoms with Gasteiger partial charge in [-0.1, -0.05) is 48.6 Å². The van der Waals surface area contributed by atoms with Crippen LogP contribution in [0.1, 0.15) is 16.7 Å². The highest BCUT2D eigenvalue weighted by atomic mass is 16.5. The Morgan fingerprint density at radius 3 is 2.10 bits per heavy atom. The normalized spacial score (nSPS) is 10.7. The number of methoxy groups -OCH3 is 3. The SMILES string of the molecule is COc1ccc(C=Cc2cc(O)c(OC)c(OC)c2)cc1OCc1ccccc1. The molecule has 0 spiro atoms. The second-order valence-corrected chi connectivity index (χ2v) is 6.29. The number of rotatable bonds is 8. The van der Waals surface area contributed by atoms with Gasteiger partial charge in [-0.3, -0.25) is 0 Å². The second-order valence-electron chi connectivity index (χ2n) is 6.29. The molecule has 29 heavy (non-hydrogen) atoms. The number of hydrogen-bond donors (Lipinski definition) is 1. The van der Waals surface area contributed by atoms with Crippen LogP contribution in [0, 0.1) is 0 Å². The number of hydrogen-bond acceptors (Lipinski definition) is 5. The molecule has 5 nitrogen and oxygen atoms in total. The molecule has 3 aromatic rings. The first-order valence-corrected chi connectivity index (χ1v) is 9.12. The Kier molecular flexibility index (Phi) is 6.63. The van der Waals surface area contributed by atoms with Crippen molar-refractivity contribution < 1.29 is 24.1 Å². The Balaban J connectivity index is 1.81. The molecule has 0 saturated heterocycles. The van der Waals surface area contributed by atoms with Gasteiger partial charge >= 0.3 is 0 Å². The molecule has 0 saturated carbocycles. The molecule has 0 heterocycles. The summed E-state index contributed by atoms with van der Waals surface area (Å²) in [4.78, 5) is 0. The van der Waals surface area contributed by atoms with Crippen LogP contribution in [-0.4, -0.2) is 26.4 Å². The van der Waals surface area contributed by atoms with E-state index in [9.17, 15) is 5.11 Å². The van der Waals surface area contributed by atoms with Gasteiger partial charge in [-0.25, -0.2) is 0 Å². The van der Waals surface area contributed by atoms with E-state index in [1.807, 2.05) is 60.7 Å². The van der Waals surface area contributed by atoms with Crippen molar-refractivity contribution in [2.75, 3.05) is 21.3 Å². The lowest BCUT2D eigenvalue weighted by atomic mass is 10.1. The molecule has 3 aromatic carbocycles. The molecule has 0 radical (unpaired) electrons. The fraction of sp³-hybridized carbons (Fsp3) is 0.167. The quantitative estimate of drug-likeness (QED) is 0.536. The maximum atomic E-state index is 10.1. The van der Waals surface area contributed by atoms with Gasteiger partial charge in [-0.05, 0) is 41.0 Å². The van der Waals surface area contributed by atoms with Gasteiger partial charge in [0.2, 0.25) is 5.75 Å². The largest absolute Gasteiger partial charge is 0.504 e. The van der Waals surface area contributed by atoms with Gasteiger partial charge < -0.3 is 24.1 Å². The van der Waals surface area contributed by atoms with E-state index in [4.69, 9.17) is 18.9 Å². The summed E-state index contributed by atoms with van der Waals surface area (Å²) in [5.41, 5.74) is 2.79. The average molecular weight is 392 g/mol. The lowest BCUT2D eigenvalue weighted by molar-refractivity contribution is 0.284. The summed E-state index contributed by atoms with van der Waals surface area (Å²) in [6.45, 7) is 0.452. The van der Waals surface area contributed by atoms with Crippen LogP contribution in [0.5, 0.6) is 28.7 Å². The van der Waals surface area contributed by atoms with Crippen LogP contribution in [0.25, 0.3) is 12.2 Å². The van der Waals surface area contributed by atoms with E-state index in [2.05, 4.69) is 0 Å². The first kappa shape index (κ1) is 20.1. The molecule has 5 heteroatoms. The van der Waals surface area contributed by atoms with Crippen LogP contribution in [0.4, 0.5) is 0 Å². The maximum Gasteiger partial charge on any atom is 0.203 e. The molecule has 0 amide bonds. The monoisotopic (exact) mass is 392 g/mol. The summed E-state index contributed by atoms with van der Waals surface area (Å²) < 4.78 is 21.8. The third-order valence-electron chi connectivity index (χ3n) is 4.37. The minimum Gasteiger partial charge on any atom is -0.504 e. The van der Waals surface area contributed by atoms with E-state index in [1.54, 1.807) is 19.2 Å². The summed E-state index contributed by atoms with van der Waals surface area (Å²) in [6, 6.07) is 19.1. The third-order valence-corrected chi connectivity index (χ3v) is 4.37. The van der Waals surface area contributed by atoms with E-state index in [1.165, 1.54) is 14.2 Å². The number of aromatic hydroxyl groups is 1. The molecule has 0 atom stereocenters. The molecule has 3 rings (SSSR count). The standard InChI is InChI=1S/C24H24O5/c1-26-21-12-11-17(14-22(21)29-16-18-7-5-4-6-8-18)9-10-19-13-20(25)24(28-3)23(15-19)27-2/h4-15,25H,16H2,1-3H3. The predicted octanol–water partition coefficient (Wildman–Crippen LogP) is 5.17. The number of benzene rings is 3. The van der Waals surface area contributed by atoms with E-state index in [-0.39, 0.29) is 5.75 Å². The van der Waals surface area contributed by atoms with Crippen molar-refractivity contribution in [3.63, 3.8) is 0 Å². The van der Waals surface area contributed by atoms with Crippen LogP contribution in [0.15, 0.2) is 60.7 Å². The predicted molar refractivity (Wildman–Crippen MR) is 114 cm³/mol. The molecular weight excluding hydrogens is 368 g/mol. The summed E-state index contributed by atoms with van der Waals surface area (Å²) >= 11 is 0. The number of phenols is 1. The minimum absolute atomic E-state index is 0.0214. The zero-order chi connectivity index (χ0) is 20.6. The van der Waals surface area contributed by atoms with Gasteiger partial charge in [0.1, 0.15) is 6.61 Å². The van der Waals surface area contributed by atoms with Gasteiger partial charge in [0.25, 0.3) is 0 Å². The maximum absolute atomic E-state index is 10.1. The Morgan fingerprint density at radius 2 is 1.41 bits per heavy atom. The fourth-order valence-corrected chi connectivity index (χ4v) is 2.90. The number of phenolic OH excluding ortho intramolecular Hbond substituents is 1. The highest BCUT2D eigenvalue weighted by Gasteiger charge is 2.10. The van der Waals surface area contributed by atoms with Crippen molar-refractivity contribution >= 4 is 12.2 Å². The van der Waals surface area contributed by atoms with Crippen LogP contribution >= 0.6 is 0 Å². The van der Waals surface area contributed by atoms with Crippen molar-refractivity contribution in [1.29, 1.82) is 0 Å². The summed E-state index contributed by atoms with van der Waals surface area (Å²) in [7, 11) is 4.64. The zero-order valence-corrected chi connectivity index (χ0v) is 16.7. The molecule has 0 aliphatic heterocycles.